The normalized spacial score (nSPS) is 14.5. The van der Waals surface area contributed by atoms with Crippen LogP contribution in [0.2, 0.25) is 0 Å². The van der Waals surface area contributed by atoms with E-state index in [1.807, 2.05) is 12.3 Å². The van der Waals surface area contributed by atoms with E-state index in [2.05, 4.69) is 60.3 Å². The fourth-order valence-corrected chi connectivity index (χ4v) is 3.39. The summed E-state index contributed by atoms with van der Waals surface area (Å²) in [5, 5.41) is 3.22. The zero-order chi connectivity index (χ0) is 17.2. The third-order valence-corrected chi connectivity index (χ3v) is 4.67. The molecule has 1 aliphatic rings. The van der Waals surface area contributed by atoms with E-state index < -0.39 is 0 Å². The maximum Gasteiger partial charge on any atom is 0.193 e. The fourth-order valence-electron chi connectivity index (χ4n) is 3.39. The van der Waals surface area contributed by atoms with Gasteiger partial charge in [-0.15, -0.1) is 0 Å². The molecular weight excluding hydrogens is 296 g/mol. The number of aryl methyl sites for hydroxylation is 3. The van der Waals surface area contributed by atoms with E-state index in [0.717, 1.165) is 17.8 Å². The van der Waals surface area contributed by atoms with E-state index in [1.165, 1.54) is 29.5 Å². The number of benzene rings is 1. The van der Waals surface area contributed by atoms with Gasteiger partial charge in [-0.1, -0.05) is 26.0 Å². The molecule has 0 spiro atoms. The van der Waals surface area contributed by atoms with Crippen LogP contribution in [-0.4, -0.2) is 17.5 Å². The highest BCUT2D eigenvalue weighted by Crippen LogP contribution is 2.26. The molecule has 0 aliphatic heterocycles. The first-order valence-electron chi connectivity index (χ1n) is 8.56. The highest BCUT2D eigenvalue weighted by atomic mass is 15.1. The van der Waals surface area contributed by atoms with Crippen molar-refractivity contribution in [2.45, 2.75) is 45.4 Å². The van der Waals surface area contributed by atoms with Crippen LogP contribution >= 0.6 is 0 Å². The van der Waals surface area contributed by atoms with Gasteiger partial charge in [-0.2, -0.15) is 0 Å². The molecule has 4 heteroatoms. The van der Waals surface area contributed by atoms with Crippen molar-refractivity contribution in [1.82, 2.24) is 4.98 Å². The Labute approximate surface area is 144 Å². The Kier molecular flexibility index (Phi) is 4.56. The monoisotopic (exact) mass is 322 g/mol. The number of fused-ring (bicyclic) bond motifs is 1. The summed E-state index contributed by atoms with van der Waals surface area (Å²) in [6, 6.07) is 10.5. The number of hydrogen-bond acceptors (Lipinski definition) is 2. The molecular formula is C20H26N4. The topological polar surface area (TPSA) is 63.3 Å². The van der Waals surface area contributed by atoms with Crippen LogP contribution in [0.5, 0.6) is 0 Å². The highest BCUT2D eigenvalue weighted by molar-refractivity contribution is 5.92. The summed E-state index contributed by atoms with van der Waals surface area (Å²) in [6.07, 6.45) is 5.44. The van der Waals surface area contributed by atoms with Gasteiger partial charge in [0.05, 0.1) is 12.2 Å². The maximum atomic E-state index is 6.09. The second-order valence-corrected chi connectivity index (χ2v) is 7.22. The standard InChI is InChI=1S/C20H26N4/c1-14-6-5-11-22-18(14)20(2,3)13-23-19(21)24-17-10-9-15-7-4-8-16(15)12-17/h5-6,9-12H,4,7-8,13H2,1-3H3,(H3,21,23,24). The third-order valence-electron chi connectivity index (χ3n) is 4.67. The first-order valence-corrected chi connectivity index (χ1v) is 8.56. The minimum atomic E-state index is -0.157. The van der Waals surface area contributed by atoms with E-state index >= 15 is 0 Å². The summed E-state index contributed by atoms with van der Waals surface area (Å²) >= 11 is 0. The quantitative estimate of drug-likeness (QED) is 0.668. The second kappa shape index (κ2) is 6.63. The SMILES string of the molecule is Cc1cccnc1C(C)(C)CN=C(N)Nc1ccc2c(c1)CCC2. The molecule has 126 valence electrons. The molecule has 0 bridgehead atoms. The Balaban J connectivity index is 1.69. The van der Waals surface area contributed by atoms with Crippen LogP contribution in [0, 0.1) is 6.92 Å². The van der Waals surface area contributed by atoms with Gasteiger partial charge in [0.2, 0.25) is 0 Å². The number of aliphatic imine (C=N–C) groups is 1. The lowest BCUT2D eigenvalue weighted by atomic mass is 9.86. The number of aromatic nitrogens is 1. The smallest absolute Gasteiger partial charge is 0.193 e. The van der Waals surface area contributed by atoms with Crippen LogP contribution in [-0.2, 0) is 18.3 Å². The summed E-state index contributed by atoms with van der Waals surface area (Å²) in [5.74, 6) is 0.453. The van der Waals surface area contributed by atoms with Gasteiger partial charge < -0.3 is 11.1 Å². The molecule has 0 atom stereocenters. The van der Waals surface area contributed by atoms with Crippen molar-refractivity contribution in [1.29, 1.82) is 0 Å². The van der Waals surface area contributed by atoms with E-state index in [1.54, 1.807) is 0 Å². The third kappa shape index (κ3) is 3.58. The number of anilines is 1. The predicted molar refractivity (Wildman–Crippen MR) is 101 cm³/mol. The molecule has 0 fully saturated rings. The summed E-state index contributed by atoms with van der Waals surface area (Å²) < 4.78 is 0. The van der Waals surface area contributed by atoms with Crippen molar-refractivity contribution >= 4 is 11.6 Å². The number of hydrogen-bond donors (Lipinski definition) is 2. The molecule has 2 aromatic rings. The number of guanidine groups is 1. The number of nitrogens with two attached hydrogens (primary N) is 1. The molecule has 0 saturated heterocycles. The first kappa shape index (κ1) is 16.5. The molecule has 1 heterocycles. The zero-order valence-corrected chi connectivity index (χ0v) is 14.8. The number of nitrogens with zero attached hydrogens (tertiary/aromatic N) is 2. The average molecular weight is 322 g/mol. The van der Waals surface area contributed by atoms with Gasteiger partial charge in [-0.3, -0.25) is 9.98 Å². The van der Waals surface area contributed by atoms with Gasteiger partial charge >= 0.3 is 0 Å². The molecule has 0 radical (unpaired) electrons. The lowest BCUT2D eigenvalue weighted by Gasteiger charge is -2.23. The lowest BCUT2D eigenvalue weighted by molar-refractivity contribution is 0.519. The van der Waals surface area contributed by atoms with Crippen molar-refractivity contribution < 1.29 is 0 Å². The maximum absolute atomic E-state index is 6.09. The van der Waals surface area contributed by atoms with Crippen LogP contribution < -0.4 is 11.1 Å². The van der Waals surface area contributed by atoms with E-state index in [9.17, 15) is 0 Å². The van der Waals surface area contributed by atoms with Crippen molar-refractivity contribution in [2.75, 3.05) is 11.9 Å². The number of nitrogens with one attached hydrogen (secondary N) is 1. The van der Waals surface area contributed by atoms with E-state index in [0.29, 0.717) is 12.5 Å². The molecule has 1 aromatic carbocycles. The van der Waals surface area contributed by atoms with Crippen molar-refractivity contribution in [2.24, 2.45) is 10.7 Å². The number of pyridine rings is 1. The van der Waals surface area contributed by atoms with Crippen molar-refractivity contribution in [3.8, 4) is 0 Å². The molecule has 3 N–H and O–H groups in total. The van der Waals surface area contributed by atoms with Crippen LogP contribution in [0.3, 0.4) is 0 Å². The molecule has 0 unspecified atom stereocenters. The fraction of sp³-hybridized carbons (Fsp3) is 0.400. The van der Waals surface area contributed by atoms with E-state index in [-0.39, 0.29) is 5.41 Å². The van der Waals surface area contributed by atoms with Gasteiger partial charge in [-0.05, 0) is 61.1 Å². The molecule has 24 heavy (non-hydrogen) atoms. The largest absolute Gasteiger partial charge is 0.370 e. The Hall–Kier alpha value is -2.36. The van der Waals surface area contributed by atoms with Gasteiger partial charge in [0, 0.05) is 17.3 Å². The summed E-state index contributed by atoms with van der Waals surface area (Å²) in [6.45, 7) is 6.97. The molecule has 0 saturated carbocycles. The minimum Gasteiger partial charge on any atom is -0.370 e. The second-order valence-electron chi connectivity index (χ2n) is 7.22. The molecule has 1 aliphatic carbocycles. The zero-order valence-electron chi connectivity index (χ0n) is 14.8. The van der Waals surface area contributed by atoms with Gasteiger partial charge in [0.25, 0.3) is 0 Å². The summed E-state index contributed by atoms with van der Waals surface area (Å²) in [7, 11) is 0. The van der Waals surface area contributed by atoms with Crippen LogP contribution in [0.4, 0.5) is 5.69 Å². The Bertz CT molecular complexity index is 762. The summed E-state index contributed by atoms with van der Waals surface area (Å²) in [4.78, 5) is 9.07. The molecule has 3 rings (SSSR count). The predicted octanol–water partition coefficient (Wildman–Crippen LogP) is 3.58. The van der Waals surface area contributed by atoms with Crippen molar-refractivity contribution in [3.05, 3.63) is 58.9 Å². The van der Waals surface area contributed by atoms with Crippen LogP contribution in [0.15, 0.2) is 41.5 Å². The van der Waals surface area contributed by atoms with Gasteiger partial charge in [-0.25, -0.2) is 0 Å². The van der Waals surface area contributed by atoms with Crippen LogP contribution in [0.25, 0.3) is 0 Å². The molecule has 4 nitrogen and oxygen atoms in total. The summed E-state index contributed by atoms with van der Waals surface area (Å²) in [5.41, 5.74) is 12.1. The van der Waals surface area contributed by atoms with Crippen LogP contribution in [0.1, 0.15) is 42.7 Å². The Morgan fingerprint density at radius 3 is 2.83 bits per heavy atom. The average Bonchev–Trinajstić information content (AvgIpc) is 3.01. The Morgan fingerprint density at radius 2 is 2.04 bits per heavy atom. The van der Waals surface area contributed by atoms with E-state index in [4.69, 9.17) is 5.73 Å². The van der Waals surface area contributed by atoms with Crippen molar-refractivity contribution in [3.63, 3.8) is 0 Å². The van der Waals surface area contributed by atoms with Gasteiger partial charge in [0.1, 0.15) is 0 Å². The highest BCUT2D eigenvalue weighted by Gasteiger charge is 2.23. The Morgan fingerprint density at radius 1 is 1.25 bits per heavy atom. The molecule has 0 amide bonds. The van der Waals surface area contributed by atoms with Gasteiger partial charge in [0.15, 0.2) is 5.96 Å². The minimum absolute atomic E-state index is 0.157. The molecule has 1 aromatic heterocycles. The lowest BCUT2D eigenvalue weighted by Crippen LogP contribution is -2.29. The first-order chi connectivity index (χ1) is 11.5. The number of rotatable bonds is 4.